The summed E-state index contributed by atoms with van der Waals surface area (Å²) in [6.07, 6.45) is 4.65. The van der Waals surface area contributed by atoms with Gasteiger partial charge in [-0.2, -0.15) is 5.26 Å². The molecule has 2 aliphatic carbocycles. The van der Waals surface area contributed by atoms with Crippen molar-refractivity contribution in [2.75, 3.05) is 18.5 Å². The van der Waals surface area contributed by atoms with Crippen molar-refractivity contribution in [2.45, 2.75) is 32.6 Å². The first-order valence-corrected chi connectivity index (χ1v) is 6.83. The number of hydrogen-bond acceptors (Lipinski definition) is 3. The fourth-order valence-electron chi connectivity index (χ4n) is 2.93. The molecule has 1 aromatic heterocycles. The third-order valence-corrected chi connectivity index (χ3v) is 4.30. The van der Waals surface area contributed by atoms with Crippen LogP contribution in [0.2, 0.25) is 0 Å². The van der Waals surface area contributed by atoms with Gasteiger partial charge in [-0.3, -0.25) is 0 Å². The van der Waals surface area contributed by atoms with Crippen molar-refractivity contribution >= 4 is 5.82 Å². The number of hydrogen-bond donors (Lipinski definition) is 0. The van der Waals surface area contributed by atoms with Crippen molar-refractivity contribution in [1.82, 2.24) is 4.98 Å². The monoisotopic (exact) mass is 241 g/mol. The Morgan fingerprint density at radius 2 is 2.28 bits per heavy atom. The third kappa shape index (κ3) is 1.96. The molecule has 3 heteroatoms. The zero-order chi connectivity index (χ0) is 12.7. The summed E-state index contributed by atoms with van der Waals surface area (Å²) in [5.74, 6) is 2.52. The molecule has 1 saturated carbocycles. The summed E-state index contributed by atoms with van der Waals surface area (Å²) in [5.41, 5.74) is 3.23. The molecular weight excluding hydrogens is 222 g/mol. The largest absolute Gasteiger partial charge is 0.358 e. The smallest absolute Gasteiger partial charge is 0.146 e. The van der Waals surface area contributed by atoms with E-state index in [-0.39, 0.29) is 0 Å². The Labute approximate surface area is 108 Å². The van der Waals surface area contributed by atoms with Crippen LogP contribution in [-0.4, -0.2) is 18.6 Å². The number of rotatable bonds is 3. The summed E-state index contributed by atoms with van der Waals surface area (Å²) in [5, 5.41) is 9.28. The molecule has 0 N–H and O–H groups in total. The molecule has 18 heavy (non-hydrogen) atoms. The van der Waals surface area contributed by atoms with Gasteiger partial charge in [0, 0.05) is 19.3 Å². The molecule has 0 aromatic carbocycles. The van der Waals surface area contributed by atoms with Crippen LogP contribution >= 0.6 is 0 Å². The van der Waals surface area contributed by atoms with E-state index in [0.29, 0.717) is 0 Å². The van der Waals surface area contributed by atoms with E-state index >= 15 is 0 Å². The number of fused-ring (bicyclic) bond motifs is 1. The minimum Gasteiger partial charge on any atom is -0.358 e. The molecule has 3 nitrogen and oxygen atoms in total. The Bertz CT molecular complexity index is 515. The normalized spacial score (nSPS) is 24.5. The molecule has 2 aliphatic rings. The Morgan fingerprint density at radius 3 is 2.94 bits per heavy atom. The molecule has 1 aromatic rings. The Morgan fingerprint density at radius 1 is 1.50 bits per heavy atom. The van der Waals surface area contributed by atoms with E-state index in [2.05, 4.69) is 31.0 Å². The Hall–Kier alpha value is -1.56. The highest BCUT2D eigenvalue weighted by molar-refractivity contribution is 5.56. The fourth-order valence-corrected chi connectivity index (χ4v) is 2.93. The molecule has 0 amide bonds. The van der Waals surface area contributed by atoms with Gasteiger partial charge in [0.15, 0.2) is 0 Å². The van der Waals surface area contributed by atoms with Gasteiger partial charge >= 0.3 is 0 Å². The lowest BCUT2D eigenvalue weighted by Crippen LogP contribution is -2.23. The number of aryl methyl sites for hydroxylation is 2. The summed E-state index contributed by atoms with van der Waals surface area (Å²) < 4.78 is 0. The van der Waals surface area contributed by atoms with Gasteiger partial charge < -0.3 is 4.90 Å². The van der Waals surface area contributed by atoms with Crippen molar-refractivity contribution in [2.24, 2.45) is 11.8 Å². The van der Waals surface area contributed by atoms with Gasteiger partial charge in [-0.05, 0) is 49.1 Å². The molecular formula is C15H19N3. The van der Waals surface area contributed by atoms with E-state index in [9.17, 15) is 5.26 Å². The standard InChI is InChI=1S/C15H19N3/c1-10-6-13(10)9-18(2)15-12(8-16)7-11-4-3-5-14(11)17-15/h7,10,13H,3-6,9H2,1-2H3. The molecule has 0 radical (unpaired) electrons. The maximum absolute atomic E-state index is 9.28. The molecule has 2 atom stereocenters. The summed E-state index contributed by atoms with van der Waals surface area (Å²) in [6.45, 7) is 3.32. The number of anilines is 1. The summed E-state index contributed by atoms with van der Waals surface area (Å²) in [7, 11) is 2.07. The molecule has 1 fully saturated rings. The minimum atomic E-state index is 0.742. The predicted molar refractivity (Wildman–Crippen MR) is 71.5 cm³/mol. The van der Waals surface area contributed by atoms with Crippen molar-refractivity contribution in [3.8, 4) is 6.07 Å². The molecule has 94 valence electrons. The fraction of sp³-hybridized carbons (Fsp3) is 0.600. The molecule has 2 unspecified atom stereocenters. The van der Waals surface area contributed by atoms with E-state index in [1.165, 1.54) is 24.1 Å². The maximum Gasteiger partial charge on any atom is 0.146 e. The van der Waals surface area contributed by atoms with E-state index in [1.807, 2.05) is 0 Å². The maximum atomic E-state index is 9.28. The highest BCUT2D eigenvalue weighted by atomic mass is 15.2. The van der Waals surface area contributed by atoms with Crippen LogP contribution in [0.25, 0.3) is 0 Å². The highest BCUT2D eigenvalue weighted by Gasteiger charge is 2.34. The van der Waals surface area contributed by atoms with Crippen LogP contribution in [0.15, 0.2) is 6.07 Å². The van der Waals surface area contributed by atoms with E-state index in [4.69, 9.17) is 4.98 Å². The van der Waals surface area contributed by atoms with Gasteiger partial charge in [0.1, 0.15) is 11.9 Å². The first-order valence-electron chi connectivity index (χ1n) is 6.83. The summed E-state index contributed by atoms with van der Waals surface area (Å²) >= 11 is 0. The number of nitriles is 1. The number of pyridine rings is 1. The third-order valence-electron chi connectivity index (χ3n) is 4.30. The SMILES string of the molecule is CC1CC1CN(C)c1nc2c(cc1C#N)CCC2. The average Bonchev–Trinajstić information content (AvgIpc) is 2.89. The Kier molecular flexibility index (Phi) is 2.74. The van der Waals surface area contributed by atoms with Gasteiger partial charge in [0.05, 0.1) is 5.56 Å². The zero-order valence-electron chi connectivity index (χ0n) is 11.1. The highest BCUT2D eigenvalue weighted by Crippen LogP contribution is 2.39. The van der Waals surface area contributed by atoms with Crippen LogP contribution < -0.4 is 4.90 Å². The van der Waals surface area contributed by atoms with Crippen LogP contribution in [0.4, 0.5) is 5.82 Å². The van der Waals surface area contributed by atoms with Gasteiger partial charge in [-0.15, -0.1) is 0 Å². The molecule has 3 rings (SSSR count). The summed E-state index contributed by atoms with van der Waals surface area (Å²) in [6, 6.07) is 4.36. The first-order chi connectivity index (χ1) is 8.69. The van der Waals surface area contributed by atoms with Crippen LogP contribution in [-0.2, 0) is 12.8 Å². The van der Waals surface area contributed by atoms with E-state index < -0.39 is 0 Å². The molecule has 0 aliphatic heterocycles. The average molecular weight is 241 g/mol. The van der Waals surface area contributed by atoms with Crippen LogP contribution in [0.5, 0.6) is 0 Å². The first kappa shape index (κ1) is 11.5. The van der Waals surface area contributed by atoms with E-state index in [0.717, 1.165) is 42.6 Å². The van der Waals surface area contributed by atoms with Crippen molar-refractivity contribution in [1.29, 1.82) is 5.26 Å². The lowest BCUT2D eigenvalue weighted by Gasteiger charge is -2.20. The number of aromatic nitrogens is 1. The predicted octanol–water partition coefficient (Wildman–Crippen LogP) is 2.53. The second-order valence-electron chi connectivity index (χ2n) is 5.78. The van der Waals surface area contributed by atoms with Gasteiger partial charge in [-0.1, -0.05) is 6.92 Å². The van der Waals surface area contributed by atoms with Crippen LogP contribution in [0, 0.1) is 23.2 Å². The quantitative estimate of drug-likeness (QED) is 0.816. The van der Waals surface area contributed by atoms with Gasteiger partial charge in [0.2, 0.25) is 0 Å². The van der Waals surface area contributed by atoms with Crippen molar-refractivity contribution in [3.05, 3.63) is 22.9 Å². The Balaban J connectivity index is 1.88. The van der Waals surface area contributed by atoms with Crippen molar-refractivity contribution < 1.29 is 0 Å². The second kappa shape index (κ2) is 4.28. The lowest BCUT2D eigenvalue weighted by atomic mass is 10.1. The topological polar surface area (TPSA) is 39.9 Å². The van der Waals surface area contributed by atoms with Gasteiger partial charge in [-0.25, -0.2) is 4.98 Å². The molecule has 1 heterocycles. The second-order valence-corrected chi connectivity index (χ2v) is 5.78. The van der Waals surface area contributed by atoms with Gasteiger partial charge in [0.25, 0.3) is 0 Å². The lowest BCUT2D eigenvalue weighted by molar-refractivity contribution is 0.717. The number of nitrogens with zero attached hydrogens (tertiary/aromatic N) is 3. The van der Waals surface area contributed by atoms with Crippen molar-refractivity contribution in [3.63, 3.8) is 0 Å². The zero-order valence-corrected chi connectivity index (χ0v) is 11.1. The minimum absolute atomic E-state index is 0.742. The molecule has 0 spiro atoms. The molecule has 0 bridgehead atoms. The van der Waals surface area contributed by atoms with E-state index in [1.54, 1.807) is 0 Å². The van der Waals surface area contributed by atoms with Crippen LogP contribution in [0.1, 0.15) is 36.6 Å². The molecule has 0 saturated heterocycles. The van der Waals surface area contributed by atoms with Crippen LogP contribution in [0.3, 0.4) is 0 Å². The summed E-state index contributed by atoms with van der Waals surface area (Å²) in [4.78, 5) is 6.91.